The second-order valence-electron chi connectivity index (χ2n) is 5.05. The summed E-state index contributed by atoms with van der Waals surface area (Å²) in [7, 11) is 1.65. The van der Waals surface area contributed by atoms with Gasteiger partial charge in [0.25, 0.3) is 0 Å². The number of rotatable bonds is 5. The van der Waals surface area contributed by atoms with Crippen LogP contribution in [0, 0.1) is 5.82 Å². The quantitative estimate of drug-likeness (QED) is 0.817. The van der Waals surface area contributed by atoms with Crippen molar-refractivity contribution < 1.29 is 9.13 Å². The Morgan fingerprint density at radius 2 is 1.86 bits per heavy atom. The summed E-state index contributed by atoms with van der Waals surface area (Å²) in [5.41, 5.74) is 1.77. The molecule has 2 aromatic rings. The molecule has 0 spiro atoms. The van der Waals surface area contributed by atoms with Crippen LogP contribution in [0.4, 0.5) is 4.39 Å². The number of hydrogen-bond donors (Lipinski definition) is 1. The average molecular weight is 352 g/mol. The van der Waals surface area contributed by atoms with E-state index < -0.39 is 0 Å². The molecule has 0 saturated heterocycles. The fourth-order valence-electron chi connectivity index (χ4n) is 2.32. The Kier molecular flexibility index (Phi) is 5.37. The molecule has 0 radical (unpaired) electrons. The monoisotopic (exact) mass is 351 g/mol. The zero-order valence-electron chi connectivity index (χ0n) is 12.4. The highest BCUT2D eigenvalue weighted by molar-refractivity contribution is 9.10. The second-order valence-corrected chi connectivity index (χ2v) is 5.97. The molecule has 4 heteroatoms. The molecular formula is C17H19BrFNO. The molecule has 2 aromatic carbocycles. The summed E-state index contributed by atoms with van der Waals surface area (Å²) in [4.78, 5) is 0. The summed E-state index contributed by atoms with van der Waals surface area (Å²) in [6, 6.07) is 13.0. The minimum atomic E-state index is -0.206. The summed E-state index contributed by atoms with van der Waals surface area (Å²) < 4.78 is 20.0. The Hall–Kier alpha value is -1.39. The summed E-state index contributed by atoms with van der Waals surface area (Å²) in [5.74, 6) is 0.617. The van der Waals surface area contributed by atoms with Gasteiger partial charge in [0.05, 0.1) is 7.11 Å². The second kappa shape index (κ2) is 7.05. The highest BCUT2D eigenvalue weighted by Gasteiger charge is 2.15. The van der Waals surface area contributed by atoms with Gasteiger partial charge in [-0.15, -0.1) is 0 Å². The third-order valence-electron chi connectivity index (χ3n) is 3.52. The Bertz CT molecular complexity index is 617. The molecule has 112 valence electrons. The predicted molar refractivity (Wildman–Crippen MR) is 87.1 cm³/mol. The van der Waals surface area contributed by atoms with Crippen molar-refractivity contribution in [3.63, 3.8) is 0 Å². The highest BCUT2D eigenvalue weighted by Crippen LogP contribution is 2.25. The van der Waals surface area contributed by atoms with Crippen LogP contribution >= 0.6 is 15.9 Å². The first-order valence-corrected chi connectivity index (χ1v) is 7.65. The van der Waals surface area contributed by atoms with E-state index in [4.69, 9.17) is 4.74 Å². The molecule has 0 aliphatic heterocycles. The van der Waals surface area contributed by atoms with Gasteiger partial charge in [-0.25, -0.2) is 4.39 Å². The lowest BCUT2D eigenvalue weighted by Crippen LogP contribution is -2.23. The van der Waals surface area contributed by atoms with E-state index >= 15 is 0 Å². The topological polar surface area (TPSA) is 21.3 Å². The van der Waals surface area contributed by atoms with E-state index in [0.29, 0.717) is 5.56 Å². The van der Waals surface area contributed by atoms with Gasteiger partial charge in [0.15, 0.2) is 0 Å². The predicted octanol–water partition coefficient (Wildman–Crippen LogP) is 5.01. The van der Waals surface area contributed by atoms with E-state index in [-0.39, 0.29) is 17.9 Å². The molecule has 0 fully saturated rings. The Morgan fingerprint density at radius 1 is 1.10 bits per heavy atom. The fraction of sp³-hybridized carbons (Fsp3) is 0.294. The van der Waals surface area contributed by atoms with Crippen molar-refractivity contribution in [3.05, 3.63) is 63.9 Å². The number of hydrogen-bond acceptors (Lipinski definition) is 2. The fourth-order valence-corrected chi connectivity index (χ4v) is 2.66. The highest BCUT2D eigenvalue weighted by atomic mass is 79.9. The van der Waals surface area contributed by atoms with Crippen molar-refractivity contribution >= 4 is 15.9 Å². The van der Waals surface area contributed by atoms with Gasteiger partial charge in [-0.05, 0) is 43.7 Å². The minimum Gasteiger partial charge on any atom is -0.497 e. The molecule has 2 rings (SSSR count). The first-order chi connectivity index (χ1) is 10.0. The summed E-state index contributed by atoms with van der Waals surface area (Å²) in [5, 5.41) is 3.41. The van der Waals surface area contributed by atoms with Crippen molar-refractivity contribution in [2.24, 2.45) is 0 Å². The smallest absolute Gasteiger partial charge is 0.129 e. The molecule has 0 bridgehead atoms. The van der Waals surface area contributed by atoms with E-state index in [0.717, 1.165) is 15.8 Å². The number of methoxy groups -OCH3 is 1. The van der Waals surface area contributed by atoms with E-state index in [2.05, 4.69) is 28.2 Å². The van der Waals surface area contributed by atoms with Crippen LogP contribution in [0.25, 0.3) is 0 Å². The van der Waals surface area contributed by atoms with E-state index in [1.54, 1.807) is 13.2 Å². The third-order valence-corrected chi connectivity index (χ3v) is 4.02. The molecular weight excluding hydrogens is 333 g/mol. The van der Waals surface area contributed by atoms with Crippen LogP contribution in [0.1, 0.15) is 37.1 Å². The first kappa shape index (κ1) is 16.0. The molecule has 0 amide bonds. The molecule has 21 heavy (non-hydrogen) atoms. The van der Waals surface area contributed by atoms with Crippen LogP contribution in [0.3, 0.4) is 0 Å². The van der Waals surface area contributed by atoms with E-state index in [9.17, 15) is 4.39 Å². The zero-order valence-corrected chi connectivity index (χ0v) is 13.9. The van der Waals surface area contributed by atoms with Crippen molar-refractivity contribution in [2.45, 2.75) is 25.9 Å². The molecule has 0 saturated carbocycles. The van der Waals surface area contributed by atoms with Gasteiger partial charge in [-0.3, -0.25) is 0 Å². The van der Waals surface area contributed by atoms with E-state index in [1.807, 2.05) is 37.3 Å². The normalized spacial score (nSPS) is 13.8. The summed E-state index contributed by atoms with van der Waals surface area (Å²) >= 11 is 3.27. The zero-order chi connectivity index (χ0) is 15.4. The lowest BCUT2D eigenvalue weighted by atomic mass is 10.0. The SMILES string of the molecule is COc1cccc(C(C)NC(C)c2ccc(Br)cc2F)c1. The van der Waals surface area contributed by atoms with E-state index in [1.165, 1.54) is 6.07 Å². The number of benzene rings is 2. The standard InChI is InChI=1S/C17H19BrFNO/c1-11(13-5-4-6-15(9-13)21-3)20-12(2)16-8-7-14(18)10-17(16)19/h4-12,20H,1-3H3. The average Bonchev–Trinajstić information content (AvgIpc) is 2.47. The van der Waals surface area contributed by atoms with Gasteiger partial charge in [0, 0.05) is 22.1 Å². The van der Waals surface area contributed by atoms with Gasteiger partial charge in [-0.2, -0.15) is 0 Å². The van der Waals surface area contributed by atoms with Crippen molar-refractivity contribution in [1.29, 1.82) is 0 Å². The number of nitrogens with one attached hydrogen (secondary N) is 1. The molecule has 0 heterocycles. The molecule has 1 N–H and O–H groups in total. The molecule has 2 nitrogen and oxygen atoms in total. The van der Waals surface area contributed by atoms with Crippen LogP contribution in [0.5, 0.6) is 5.75 Å². The van der Waals surface area contributed by atoms with Gasteiger partial charge >= 0.3 is 0 Å². The summed E-state index contributed by atoms with van der Waals surface area (Å²) in [6.45, 7) is 4.02. The van der Waals surface area contributed by atoms with Crippen molar-refractivity contribution in [3.8, 4) is 5.75 Å². The van der Waals surface area contributed by atoms with Crippen molar-refractivity contribution in [2.75, 3.05) is 7.11 Å². The van der Waals surface area contributed by atoms with Crippen molar-refractivity contribution in [1.82, 2.24) is 5.32 Å². The van der Waals surface area contributed by atoms with Gasteiger partial charge < -0.3 is 10.1 Å². The van der Waals surface area contributed by atoms with Gasteiger partial charge in [-0.1, -0.05) is 34.1 Å². The molecule has 2 atom stereocenters. The Balaban J connectivity index is 2.12. The van der Waals surface area contributed by atoms with Crippen LogP contribution in [-0.4, -0.2) is 7.11 Å². The van der Waals surface area contributed by atoms with Gasteiger partial charge in [0.2, 0.25) is 0 Å². The number of ether oxygens (including phenoxy) is 1. The molecule has 0 aliphatic carbocycles. The summed E-state index contributed by atoms with van der Waals surface area (Å²) in [6.07, 6.45) is 0. The maximum absolute atomic E-state index is 14.0. The molecule has 0 aliphatic rings. The maximum Gasteiger partial charge on any atom is 0.129 e. The maximum atomic E-state index is 14.0. The Labute approximate surface area is 133 Å². The largest absolute Gasteiger partial charge is 0.497 e. The Morgan fingerprint density at radius 3 is 2.52 bits per heavy atom. The molecule has 2 unspecified atom stereocenters. The van der Waals surface area contributed by atoms with Crippen LogP contribution in [-0.2, 0) is 0 Å². The minimum absolute atomic E-state index is 0.0840. The van der Waals surface area contributed by atoms with Crippen LogP contribution in [0.2, 0.25) is 0 Å². The molecule has 0 aromatic heterocycles. The van der Waals surface area contributed by atoms with Gasteiger partial charge in [0.1, 0.15) is 11.6 Å². The first-order valence-electron chi connectivity index (χ1n) is 6.86. The number of halogens is 2. The lowest BCUT2D eigenvalue weighted by molar-refractivity contribution is 0.412. The van der Waals surface area contributed by atoms with Crippen LogP contribution < -0.4 is 10.1 Å². The van der Waals surface area contributed by atoms with Crippen LogP contribution in [0.15, 0.2) is 46.9 Å². The lowest BCUT2D eigenvalue weighted by Gasteiger charge is -2.21. The third kappa shape index (κ3) is 4.05.